The van der Waals surface area contributed by atoms with Gasteiger partial charge >= 0.3 is 0 Å². The fraction of sp³-hybridized carbons (Fsp3) is 0.667. The summed E-state index contributed by atoms with van der Waals surface area (Å²) in [6.45, 7) is 2.52. The van der Waals surface area contributed by atoms with E-state index in [1.54, 1.807) is 12.5 Å². The molecule has 0 aliphatic carbocycles. The molecule has 1 atom stereocenters. The van der Waals surface area contributed by atoms with Crippen LogP contribution in [0, 0.1) is 0 Å². The first-order valence-electron chi connectivity index (χ1n) is 4.83. The van der Waals surface area contributed by atoms with Crippen molar-refractivity contribution in [1.82, 2.24) is 9.55 Å². The molecule has 0 aliphatic rings. The highest BCUT2D eigenvalue weighted by Crippen LogP contribution is 2.09. The van der Waals surface area contributed by atoms with E-state index in [1.807, 2.05) is 11.5 Å². The van der Waals surface area contributed by atoms with Gasteiger partial charge in [0.05, 0.1) is 17.8 Å². The molecule has 0 amide bonds. The molecule has 86 valence electrons. The van der Waals surface area contributed by atoms with Crippen LogP contribution in [-0.2, 0) is 16.4 Å². The van der Waals surface area contributed by atoms with Gasteiger partial charge in [0, 0.05) is 25.0 Å². The zero-order chi connectivity index (χ0) is 11.5. The van der Waals surface area contributed by atoms with Crippen molar-refractivity contribution in [2.45, 2.75) is 25.9 Å². The lowest BCUT2D eigenvalue weighted by Crippen LogP contribution is -2.13. The molecule has 0 saturated heterocycles. The monoisotopic (exact) mass is 231 g/mol. The van der Waals surface area contributed by atoms with Gasteiger partial charge in [0.2, 0.25) is 0 Å². The lowest BCUT2D eigenvalue weighted by atomic mass is 10.2. The molecular weight excluding hydrogens is 214 g/mol. The van der Waals surface area contributed by atoms with Crippen LogP contribution >= 0.6 is 0 Å². The van der Waals surface area contributed by atoms with Crippen molar-refractivity contribution in [3.8, 4) is 0 Å². The van der Waals surface area contributed by atoms with Gasteiger partial charge in [0.25, 0.3) is 0 Å². The van der Waals surface area contributed by atoms with Crippen molar-refractivity contribution in [3.63, 3.8) is 0 Å². The molecule has 1 rings (SSSR count). The fourth-order valence-corrected chi connectivity index (χ4v) is 2.05. The molecular formula is C9H17N3O2S. The van der Waals surface area contributed by atoms with Crippen molar-refractivity contribution in [3.05, 3.63) is 18.2 Å². The van der Waals surface area contributed by atoms with Crippen LogP contribution < -0.4 is 5.73 Å². The van der Waals surface area contributed by atoms with Gasteiger partial charge in [-0.05, 0) is 13.3 Å². The minimum Gasteiger partial charge on any atom is -0.333 e. The van der Waals surface area contributed by atoms with Gasteiger partial charge < -0.3 is 10.3 Å². The smallest absolute Gasteiger partial charge is 0.147 e. The van der Waals surface area contributed by atoms with Crippen molar-refractivity contribution < 1.29 is 8.42 Å². The van der Waals surface area contributed by atoms with E-state index in [9.17, 15) is 8.42 Å². The number of imidazole rings is 1. The largest absolute Gasteiger partial charge is 0.333 e. The lowest BCUT2D eigenvalue weighted by molar-refractivity contribution is 0.583. The zero-order valence-corrected chi connectivity index (χ0v) is 9.87. The minimum atomic E-state index is -2.88. The highest BCUT2D eigenvalue weighted by Gasteiger charge is 2.07. The average molecular weight is 231 g/mol. The van der Waals surface area contributed by atoms with Gasteiger partial charge in [-0.2, -0.15) is 0 Å². The molecule has 6 heteroatoms. The second kappa shape index (κ2) is 4.76. The molecule has 1 aromatic rings. The van der Waals surface area contributed by atoms with E-state index in [4.69, 9.17) is 5.73 Å². The van der Waals surface area contributed by atoms with Crippen molar-refractivity contribution in [1.29, 1.82) is 0 Å². The predicted octanol–water partition coefficient (Wildman–Crippen LogP) is 0.338. The van der Waals surface area contributed by atoms with Gasteiger partial charge in [-0.25, -0.2) is 13.4 Å². The Morgan fingerprint density at radius 3 is 2.80 bits per heavy atom. The molecule has 5 nitrogen and oxygen atoms in total. The molecule has 0 spiro atoms. The summed E-state index contributed by atoms with van der Waals surface area (Å²) in [5, 5.41) is 0. The molecule has 0 aliphatic heterocycles. The Kier molecular flexibility index (Phi) is 3.87. The lowest BCUT2D eigenvalue weighted by Gasteiger charge is -2.09. The van der Waals surface area contributed by atoms with Crippen LogP contribution in [0.25, 0.3) is 0 Å². The molecule has 0 unspecified atom stereocenters. The maximum atomic E-state index is 10.9. The van der Waals surface area contributed by atoms with Crippen molar-refractivity contribution >= 4 is 9.84 Å². The zero-order valence-electron chi connectivity index (χ0n) is 9.05. The summed E-state index contributed by atoms with van der Waals surface area (Å²) < 4.78 is 23.8. The number of nitrogens with two attached hydrogens (primary N) is 1. The molecule has 0 radical (unpaired) electrons. The Balaban J connectivity index is 2.54. The third kappa shape index (κ3) is 4.01. The Labute approximate surface area is 90.2 Å². The Hall–Kier alpha value is -0.880. The van der Waals surface area contributed by atoms with E-state index in [0.29, 0.717) is 13.0 Å². The fourth-order valence-electron chi connectivity index (χ4n) is 1.39. The first-order chi connectivity index (χ1) is 6.90. The summed E-state index contributed by atoms with van der Waals surface area (Å²) >= 11 is 0. The number of rotatable bonds is 5. The van der Waals surface area contributed by atoms with E-state index in [0.717, 1.165) is 5.69 Å². The van der Waals surface area contributed by atoms with Crippen LogP contribution in [0.4, 0.5) is 0 Å². The third-order valence-electron chi connectivity index (χ3n) is 2.13. The number of aromatic nitrogens is 2. The maximum absolute atomic E-state index is 10.9. The van der Waals surface area contributed by atoms with Gasteiger partial charge in [-0.15, -0.1) is 0 Å². The normalized spacial score (nSPS) is 14.1. The Morgan fingerprint density at radius 2 is 2.27 bits per heavy atom. The summed E-state index contributed by atoms with van der Waals surface area (Å²) in [5.41, 5.74) is 6.67. The van der Waals surface area contributed by atoms with Crippen LogP contribution in [0.3, 0.4) is 0 Å². The predicted molar refractivity (Wildman–Crippen MR) is 59.2 cm³/mol. The third-order valence-corrected chi connectivity index (χ3v) is 3.16. The number of nitrogens with zero attached hydrogens (tertiary/aromatic N) is 2. The number of hydrogen-bond acceptors (Lipinski definition) is 4. The summed E-state index contributed by atoms with van der Waals surface area (Å²) in [6.07, 6.45) is 5.23. The van der Waals surface area contributed by atoms with E-state index in [1.165, 1.54) is 6.26 Å². The highest BCUT2D eigenvalue weighted by molar-refractivity contribution is 7.90. The summed E-state index contributed by atoms with van der Waals surface area (Å²) in [6, 6.07) is -0.0780. The van der Waals surface area contributed by atoms with E-state index in [2.05, 4.69) is 4.98 Å². The Morgan fingerprint density at radius 1 is 1.60 bits per heavy atom. The SMILES string of the molecule is C[C@H](N)c1cncn1CCCS(C)(=O)=O. The molecule has 1 aromatic heterocycles. The summed E-state index contributed by atoms with van der Waals surface area (Å²) in [7, 11) is -2.88. The van der Waals surface area contributed by atoms with Crippen LogP contribution in [0.15, 0.2) is 12.5 Å². The van der Waals surface area contributed by atoms with Gasteiger partial charge in [0.15, 0.2) is 0 Å². The van der Waals surface area contributed by atoms with Crippen molar-refractivity contribution in [2.24, 2.45) is 5.73 Å². The number of aryl methyl sites for hydroxylation is 1. The van der Waals surface area contributed by atoms with Crippen LogP contribution in [0.1, 0.15) is 25.1 Å². The van der Waals surface area contributed by atoms with Gasteiger partial charge in [-0.1, -0.05) is 0 Å². The second-order valence-corrected chi connectivity index (χ2v) is 6.04. The standard InChI is InChI=1S/C9H17N3O2S/c1-8(10)9-6-11-7-12(9)4-3-5-15(2,13)14/h6-8H,3-5,10H2,1-2H3/t8-/m0/s1. The van der Waals surface area contributed by atoms with Crippen LogP contribution in [0.2, 0.25) is 0 Å². The number of hydrogen-bond donors (Lipinski definition) is 1. The first kappa shape index (κ1) is 12.2. The van der Waals surface area contributed by atoms with Gasteiger partial charge in [0.1, 0.15) is 9.84 Å². The second-order valence-electron chi connectivity index (χ2n) is 3.78. The summed E-state index contributed by atoms with van der Waals surface area (Å²) in [4.78, 5) is 3.99. The van der Waals surface area contributed by atoms with Crippen LogP contribution in [-0.4, -0.2) is 30.0 Å². The highest BCUT2D eigenvalue weighted by atomic mass is 32.2. The minimum absolute atomic E-state index is 0.0780. The van der Waals surface area contributed by atoms with Crippen LogP contribution in [0.5, 0.6) is 0 Å². The number of sulfone groups is 1. The molecule has 0 aromatic carbocycles. The molecule has 1 heterocycles. The topological polar surface area (TPSA) is 78.0 Å². The Bertz CT molecular complexity index is 409. The molecule has 15 heavy (non-hydrogen) atoms. The molecule has 0 fully saturated rings. The van der Waals surface area contributed by atoms with E-state index in [-0.39, 0.29) is 11.8 Å². The quantitative estimate of drug-likeness (QED) is 0.792. The van der Waals surface area contributed by atoms with Crippen molar-refractivity contribution in [2.75, 3.05) is 12.0 Å². The average Bonchev–Trinajstić information content (AvgIpc) is 2.49. The molecule has 2 N–H and O–H groups in total. The van der Waals surface area contributed by atoms with E-state index < -0.39 is 9.84 Å². The molecule has 0 saturated carbocycles. The first-order valence-corrected chi connectivity index (χ1v) is 6.89. The summed E-state index contributed by atoms with van der Waals surface area (Å²) in [5.74, 6) is 0.198. The van der Waals surface area contributed by atoms with E-state index >= 15 is 0 Å². The maximum Gasteiger partial charge on any atom is 0.147 e. The molecule has 0 bridgehead atoms. The van der Waals surface area contributed by atoms with Gasteiger partial charge in [-0.3, -0.25) is 0 Å².